The third-order valence-corrected chi connectivity index (χ3v) is 5.48. The lowest BCUT2D eigenvalue weighted by atomic mass is 9.88. The molecular weight excluding hydrogens is 385 g/mol. The predicted octanol–water partition coefficient (Wildman–Crippen LogP) is 5.19. The van der Waals surface area contributed by atoms with E-state index < -0.39 is 11.8 Å². The van der Waals surface area contributed by atoms with Gasteiger partial charge in [-0.05, 0) is 53.6 Å². The molecule has 0 saturated heterocycles. The number of pyridine rings is 1. The summed E-state index contributed by atoms with van der Waals surface area (Å²) >= 11 is 0. The fourth-order valence-electron chi connectivity index (χ4n) is 4.18. The third kappa shape index (κ3) is 2.60. The first-order chi connectivity index (χ1) is 14.5. The number of esters is 1. The quantitative estimate of drug-likeness (QED) is 0.441. The molecule has 150 valence electrons. The summed E-state index contributed by atoms with van der Waals surface area (Å²) in [4.78, 5) is 17.1. The van der Waals surface area contributed by atoms with Crippen LogP contribution in [0.5, 0.6) is 11.5 Å². The van der Waals surface area contributed by atoms with Gasteiger partial charge in [-0.3, -0.25) is 4.98 Å². The van der Waals surface area contributed by atoms with Crippen LogP contribution in [-0.4, -0.2) is 25.2 Å². The topological polar surface area (TPSA) is 57.7 Å². The van der Waals surface area contributed by atoms with Gasteiger partial charge in [-0.1, -0.05) is 12.1 Å². The number of aromatic nitrogens is 1. The minimum absolute atomic E-state index is 0.196. The van der Waals surface area contributed by atoms with Crippen LogP contribution in [0.25, 0.3) is 32.8 Å². The summed E-state index contributed by atoms with van der Waals surface area (Å²) in [5.74, 6) is 0.327. The molecule has 0 N–H and O–H groups in total. The Morgan fingerprint density at radius 3 is 2.53 bits per heavy atom. The first-order valence-corrected chi connectivity index (χ1v) is 9.46. The normalized spacial score (nSPS) is 12.9. The molecule has 0 spiro atoms. The zero-order valence-corrected chi connectivity index (χ0v) is 16.7. The Kier molecular flexibility index (Phi) is 4.10. The van der Waals surface area contributed by atoms with E-state index in [1.807, 2.05) is 37.3 Å². The number of carbonyl (C=O) groups excluding carboxylic acids is 1. The number of hydrogen-bond donors (Lipinski definition) is 0. The molecule has 0 amide bonds. The van der Waals surface area contributed by atoms with Gasteiger partial charge < -0.3 is 14.2 Å². The molecular formula is C24H18FNO4. The summed E-state index contributed by atoms with van der Waals surface area (Å²) in [7, 11) is 3.14. The lowest BCUT2D eigenvalue weighted by Gasteiger charge is -2.16. The van der Waals surface area contributed by atoms with Crippen molar-refractivity contribution in [3.63, 3.8) is 0 Å². The molecule has 6 heteroatoms. The molecule has 3 aromatic carbocycles. The number of benzene rings is 3. The second-order valence-electron chi connectivity index (χ2n) is 7.24. The Balaban J connectivity index is 1.99. The molecule has 0 atom stereocenters. The first kappa shape index (κ1) is 18.4. The fraction of sp³-hybridized carbons (Fsp3) is 0.167. The van der Waals surface area contributed by atoms with Crippen LogP contribution in [-0.2, 0) is 11.3 Å². The molecule has 0 radical (unpaired) electrons. The molecule has 0 fully saturated rings. The van der Waals surface area contributed by atoms with E-state index >= 15 is 0 Å². The van der Waals surface area contributed by atoms with Crippen LogP contribution in [0.4, 0.5) is 4.39 Å². The van der Waals surface area contributed by atoms with Gasteiger partial charge >= 0.3 is 5.97 Å². The van der Waals surface area contributed by atoms with Crippen molar-refractivity contribution in [2.45, 2.75) is 13.5 Å². The van der Waals surface area contributed by atoms with E-state index in [4.69, 9.17) is 14.2 Å². The average molecular weight is 403 g/mol. The van der Waals surface area contributed by atoms with Crippen LogP contribution in [0.2, 0.25) is 0 Å². The van der Waals surface area contributed by atoms with Crippen LogP contribution in [0.15, 0.2) is 42.5 Å². The van der Waals surface area contributed by atoms with Crippen LogP contribution in [0.1, 0.15) is 21.6 Å². The van der Waals surface area contributed by atoms with Crippen LogP contribution < -0.4 is 9.47 Å². The minimum atomic E-state index is -0.406. The fourth-order valence-corrected chi connectivity index (χ4v) is 4.18. The zero-order valence-electron chi connectivity index (χ0n) is 16.7. The van der Waals surface area contributed by atoms with Gasteiger partial charge in [0.2, 0.25) is 0 Å². The maximum Gasteiger partial charge on any atom is 0.339 e. The molecule has 5 nitrogen and oxygen atoms in total. The summed E-state index contributed by atoms with van der Waals surface area (Å²) in [6.07, 6.45) is 0. The van der Waals surface area contributed by atoms with Gasteiger partial charge in [0, 0.05) is 22.2 Å². The van der Waals surface area contributed by atoms with Crippen molar-refractivity contribution in [1.82, 2.24) is 4.98 Å². The van der Waals surface area contributed by atoms with Crippen molar-refractivity contribution in [2.75, 3.05) is 14.2 Å². The van der Waals surface area contributed by atoms with Gasteiger partial charge in [0.05, 0.1) is 19.8 Å². The molecule has 0 aliphatic carbocycles. The molecule has 0 bridgehead atoms. The van der Waals surface area contributed by atoms with E-state index in [2.05, 4.69) is 4.98 Å². The molecule has 1 aliphatic rings. The maximum atomic E-state index is 14.6. The molecule has 4 aromatic rings. The monoisotopic (exact) mass is 403 g/mol. The van der Waals surface area contributed by atoms with E-state index in [1.54, 1.807) is 20.3 Å². The van der Waals surface area contributed by atoms with Gasteiger partial charge in [-0.15, -0.1) is 0 Å². The standard InChI is InChI=1S/C24H18FNO4/c1-12-7-17(15-5-4-6-18(25)23(15)26-12)22-16-10-20(29-3)19(28-2)9-13(16)8-14-11-30-24(27)21(14)22/h4-10H,11H2,1-3H3. The predicted molar refractivity (Wildman–Crippen MR) is 112 cm³/mol. The van der Waals surface area contributed by atoms with Gasteiger partial charge in [-0.25, -0.2) is 9.18 Å². The maximum absolute atomic E-state index is 14.6. The first-order valence-electron chi connectivity index (χ1n) is 9.46. The van der Waals surface area contributed by atoms with E-state index in [0.717, 1.165) is 21.9 Å². The SMILES string of the molecule is COc1cc2cc3c(c(-c4cc(C)nc5c(F)cccc45)c2cc1OC)C(=O)OC3. The van der Waals surface area contributed by atoms with Gasteiger partial charge in [0.1, 0.15) is 17.9 Å². The Hall–Kier alpha value is -3.67. The number of halogens is 1. The number of nitrogens with zero attached hydrogens (tertiary/aromatic N) is 1. The number of carbonyl (C=O) groups is 1. The highest BCUT2D eigenvalue weighted by atomic mass is 19.1. The Morgan fingerprint density at radius 1 is 1.00 bits per heavy atom. The highest BCUT2D eigenvalue weighted by molar-refractivity contribution is 6.15. The number of ether oxygens (including phenoxy) is 3. The highest BCUT2D eigenvalue weighted by Gasteiger charge is 2.29. The van der Waals surface area contributed by atoms with E-state index in [9.17, 15) is 9.18 Å². The van der Waals surface area contributed by atoms with Crippen LogP contribution in [0, 0.1) is 12.7 Å². The molecule has 0 unspecified atom stereocenters. The molecule has 1 aromatic heterocycles. The Labute approximate surface area is 172 Å². The highest BCUT2D eigenvalue weighted by Crippen LogP contribution is 2.44. The van der Waals surface area contributed by atoms with Crippen molar-refractivity contribution in [1.29, 1.82) is 0 Å². The van der Waals surface area contributed by atoms with Crippen molar-refractivity contribution >= 4 is 27.6 Å². The summed E-state index contributed by atoms with van der Waals surface area (Å²) in [6.45, 7) is 2.00. The second kappa shape index (κ2) is 6.69. The largest absolute Gasteiger partial charge is 0.493 e. The van der Waals surface area contributed by atoms with Crippen LogP contribution in [0.3, 0.4) is 0 Å². The van der Waals surface area contributed by atoms with E-state index in [0.29, 0.717) is 33.7 Å². The summed E-state index contributed by atoms with van der Waals surface area (Å²) in [6, 6.07) is 12.4. The lowest BCUT2D eigenvalue weighted by Crippen LogP contribution is -2.01. The molecule has 1 aliphatic heterocycles. The summed E-state index contributed by atoms with van der Waals surface area (Å²) in [5.41, 5.74) is 3.61. The van der Waals surface area contributed by atoms with Gasteiger partial charge in [0.15, 0.2) is 11.5 Å². The third-order valence-electron chi connectivity index (χ3n) is 5.48. The number of methoxy groups -OCH3 is 2. The number of para-hydroxylation sites is 1. The number of cyclic esters (lactones) is 1. The molecule has 2 heterocycles. The minimum Gasteiger partial charge on any atom is -0.493 e. The second-order valence-corrected chi connectivity index (χ2v) is 7.24. The van der Waals surface area contributed by atoms with E-state index in [1.165, 1.54) is 6.07 Å². The molecule has 0 saturated carbocycles. The van der Waals surface area contributed by atoms with Gasteiger partial charge in [-0.2, -0.15) is 0 Å². The van der Waals surface area contributed by atoms with Crippen LogP contribution >= 0.6 is 0 Å². The number of aryl methyl sites for hydroxylation is 1. The van der Waals surface area contributed by atoms with Crippen molar-refractivity contribution in [3.8, 4) is 22.6 Å². The van der Waals surface area contributed by atoms with Crippen molar-refractivity contribution in [2.24, 2.45) is 0 Å². The van der Waals surface area contributed by atoms with E-state index in [-0.39, 0.29) is 12.1 Å². The van der Waals surface area contributed by atoms with Crippen molar-refractivity contribution < 1.29 is 23.4 Å². The van der Waals surface area contributed by atoms with Gasteiger partial charge in [0.25, 0.3) is 0 Å². The Bertz CT molecular complexity index is 1360. The zero-order chi connectivity index (χ0) is 21.0. The van der Waals surface area contributed by atoms with Crippen molar-refractivity contribution in [3.05, 3.63) is 65.1 Å². The Morgan fingerprint density at radius 2 is 1.77 bits per heavy atom. The molecule has 30 heavy (non-hydrogen) atoms. The summed E-state index contributed by atoms with van der Waals surface area (Å²) in [5, 5.41) is 2.30. The smallest absolute Gasteiger partial charge is 0.339 e. The lowest BCUT2D eigenvalue weighted by molar-refractivity contribution is 0.0535. The number of fused-ring (bicyclic) bond motifs is 3. The number of hydrogen-bond acceptors (Lipinski definition) is 5. The summed E-state index contributed by atoms with van der Waals surface area (Å²) < 4.78 is 30.8. The number of rotatable bonds is 3. The molecule has 5 rings (SSSR count). The average Bonchev–Trinajstić information content (AvgIpc) is 3.11.